The predicted octanol–water partition coefficient (Wildman–Crippen LogP) is 2.85. The average molecular weight is 355 g/mol. The molecule has 0 radical (unpaired) electrons. The fourth-order valence-corrected chi connectivity index (χ4v) is 2.83. The zero-order valence-corrected chi connectivity index (χ0v) is 14.4. The van der Waals surface area contributed by atoms with Crippen LogP contribution in [0.15, 0.2) is 41.8 Å². The minimum Gasteiger partial charge on any atom is -0.457 e. The first kappa shape index (κ1) is 16.8. The largest absolute Gasteiger partial charge is 0.457 e. The molecule has 2 aromatic heterocycles. The van der Waals surface area contributed by atoms with E-state index >= 15 is 0 Å². The van der Waals surface area contributed by atoms with Crippen LogP contribution in [-0.4, -0.2) is 20.9 Å². The van der Waals surface area contributed by atoms with Crippen LogP contribution < -0.4 is 11.1 Å². The highest BCUT2D eigenvalue weighted by molar-refractivity contribution is 7.10. The first-order valence-corrected chi connectivity index (χ1v) is 8.49. The Labute approximate surface area is 148 Å². The third kappa shape index (κ3) is 4.74. The number of nitrogens with one attached hydrogen (secondary N) is 1. The molecule has 8 heteroatoms. The number of rotatable bonds is 6. The van der Waals surface area contributed by atoms with Gasteiger partial charge in [-0.2, -0.15) is 15.0 Å². The van der Waals surface area contributed by atoms with Crippen molar-refractivity contribution >= 4 is 34.9 Å². The number of carbonyl (C=O) groups is 1. The zero-order valence-electron chi connectivity index (χ0n) is 13.6. The van der Waals surface area contributed by atoms with Crippen molar-refractivity contribution in [2.45, 2.75) is 20.0 Å². The number of anilines is 3. The Morgan fingerprint density at radius 2 is 2.04 bits per heavy atom. The van der Waals surface area contributed by atoms with Crippen LogP contribution in [0.2, 0.25) is 0 Å². The number of aryl methyl sites for hydroxylation is 1. The Bertz CT molecular complexity index is 867. The quantitative estimate of drug-likeness (QED) is 0.655. The van der Waals surface area contributed by atoms with Gasteiger partial charge in [0.25, 0.3) is 0 Å². The molecule has 3 rings (SSSR count). The normalized spacial score (nSPS) is 10.4. The molecule has 0 atom stereocenters. The number of carbonyl (C=O) groups excluding carboxylic acids is 1. The second-order valence-corrected chi connectivity index (χ2v) is 6.32. The van der Waals surface area contributed by atoms with Crippen molar-refractivity contribution in [3.05, 3.63) is 58.0 Å². The molecule has 3 aromatic rings. The third-order valence-corrected chi connectivity index (χ3v) is 4.23. The summed E-state index contributed by atoms with van der Waals surface area (Å²) >= 11 is 1.51. The van der Waals surface area contributed by atoms with Gasteiger partial charge in [-0.3, -0.25) is 4.79 Å². The molecule has 128 valence electrons. The molecule has 3 N–H and O–H groups in total. The summed E-state index contributed by atoms with van der Waals surface area (Å²) in [4.78, 5) is 25.1. The monoisotopic (exact) mass is 355 g/mol. The smallest absolute Gasteiger partial charge is 0.311 e. The van der Waals surface area contributed by atoms with Crippen molar-refractivity contribution in [3.63, 3.8) is 0 Å². The van der Waals surface area contributed by atoms with E-state index in [1.54, 1.807) is 0 Å². The molecule has 0 saturated carbocycles. The molecule has 0 fully saturated rings. The maximum Gasteiger partial charge on any atom is 0.311 e. The highest BCUT2D eigenvalue weighted by atomic mass is 32.1. The van der Waals surface area contributed by atoms with E-state index in [1.165, 1.54) is 11.3 Å². The molecule has 0 aliphatic rings. The lowest BCUT2D eigenvalue weighted by molar-refractivity contribution is -0.144. The van der Waals surface area contributed by atoms with E-state index in [9.17, 15) is 4.79 Å². The number of hydrogen-bond acceptors (Lipinski definition) is 8. The highest BCUT2D eigenvalue weighted by Crippen LogP contribution is 2.18. The minimum atomic E-state index is -0.338. The summed E-state index contributed by atoms with van der Waals surface area (Å²) < 4.78 is 5.22. The van der Waals surface area contributed by atoms with E-state index in [-0.39, 0.29) is 24.9 Å². The summed E-state index contributed by atoms with van der Waals surface area (Å²) in [5.74, 6) is 0.333. The van der Waals surface area contributed by atoms with Crippen LogP contribution in [0.3, 0.4) is 0 Å². The van der Waals surface area contributed by atoms with Crippen LogP contribution in [-0.2, 0) is 22.6 Å². The summed E-state index contributed by atoms with van der Waals surface area (Å²) in [7, 11) is 0. The molecule has 0 amide bonds. The number of esters is 1. The SMILES string of the molecule is Cc1ccccc1Nc1nc(N)nc(COC(=O)Cc2cccs2)n1. The predicted molar refractivity (Wildman–Crippen MR) is 96.5 cm³/mol. The van der Waals surface area contributed by atoms with Crippen molar-refractivity contribution in [1.29, 1.82) is 0 Å². The lowest BCUT2D eigenvalue weighted by Gasteiger charge is -2.09. The number of nitrogens with zero attached hydrogens (tertiary/aromatic N) is 3. The van der Waals surface area contributed by atoms with Crippen molar-refractivity contribution in [2.24, 2.45) is 0 Å². The summed E-state index contributed by atoms with van der Waals surface area (Å²) in [6.45, 7) is 1.92. The van der Waals surface area contributed by atoms with Gasteiger partial charge in [0.05, 0.1) is 6.42 Å². The van der Waals surface area contributed by atoms with Gasteiger partial charge in [-0.15, -0.1) is 11.3 Å². The Kier molecular flexibility index (Phi) is 5.20. The molecule has 0 aliphatic carbocycles. The number of aromatic nitrogens is 3. The van der Waals surface area contributed by atoms with Crippen LogP contribution >= 0.6 is 11.3 Å². The lowest BCUT2D eigenvalue weighted by Crippen LogP contribution is -2.12. The van der Waals surface area contributed by atoms with Gasteiger partial charge in [0.15, 0.2) is 12.4 Å². The van der Waals surface area contributed by atoms with E-state index < -0.39 is 0 Å². The zero-order chi connectivity index (χ0) is 17.6. The van der Waals surface area contributed by atoms with Gasteiger partial charge in [0.1, 0.15) is 0 Å². The van der Waals surface area contributed by atoms with Crippen molar-refractivity contribution in [1.82, 2.24) is 15.0 Å². The Hall–Kier alpha value is -3.00. The number of ether oxygens (including phenoxy) is 1. The first-order valence-electron chi connectivity index (χ1n) is 7.61. The Morgan fingerprint density at radius 3 is 2.80 bits per heavy atom. The van der Waals surface area contributed by atoms with Gasteiger partial charge in [0, 0.05) is 10.6 Å². The lowest BCUT2D eigenvalue weighted by atomic mass is 10.2. The van der Waals surface area contributed by atoms with E-state index in [1.807, 2.05) is 48.7 Å². The minimum absolute atomic E-state index is 0.0562. The van der Waals surface area contributed by atoms with E-state index in [0.717, 1.165) is 16.1 Å². The maximum atomic E-state index is 11.9. The summed E-state index contributed by atoms with van der Waals surface area (Å²) in [6.07, 6.45) is 0.229. The van der Waals surface area contributed by atoms with Gasteiger partial charge in [-0.25, -0.2) is 0 Å². The molecule has 2 heterocycles. The van der Waals surface area contributed by atoms with Crippen LogP contribution in [0.5, 0.6) is 0 Å². The fraction of sp³-hybridized carbons (Fsp3) is 0.176. The second kappa shape index (κ2) is 7.71. The van der Waals surface area contributed by atoms with Gasteiger partial charge in [-0.1, -0.05) is 24.3 Å². The molecule has 0 saturated heterocycles. The highest BCUT2D eigenvalue weighted by Gasteiger charge is 2.10. The maximum absolute atomic E-state index is 11.9. The molecule has 0 aliphatic heterocycles. The number of nitrogens with two attached hydrogens (primary N) is 1. The molecule has 0 bridgehead atoms. The van der Waals surface area contributed by atoms with Crippen LogP contribution in [0.4, 0.5) is 17.6 Å². The molecule has 0 unspecified atom stereocenters. The fourth-order valence-electron chi connectivity index (χ4n) is 2.14. The van der Waals surface area contributed by atoms with Crippen LogP contribution in [0, 0.1) is 6.92 Å². The Morgan fingerprint density at radius 1 is 1.20 bits per heavy atom. The number of benzene rings is 1. The number of para-hydroxylation sites is 1. The van der Waals surface area contributed by atoms with Crippen LogP contribution in [0.25, 0.3) is 0 Å². The molecule has 1 aromatic carbocycles. The first-order chi connectivity index (χ1) is 12.1. The molecule has 0 spiro atoms. The van der Waals surface area contributed by atoms with Gasteiger partial charge < -0.3 is 15.8 Å². The topological polar surface area (TPSA) is 103 Å². The second-order valence-electron chi connectivity index (χ2n) is 5.29. The number of thiophene rings is 1. The van der Waals surface area contributed by atoms with Gasteiger partial charge in [0.2, 0.25) is 11.9 Å². The summed E-state index contributed by atoms with van der Waals surface area (Å²) in [5.41, 5.74) is 7.64. The molecule has 25 heavy (non-hydrogen) atoms. The molecular weight excluding hydrogens is 338 g/mol. The van der Waals surface area contributed by atoms with E-state index in [0.29, 0.717) is 11.8 Å². The standard InChI is InChI=1S/C17H17N5O2S/c1-11-5-2-3-7-13(11)19-17-21-14(20-16(18)22-17)10-24-15(23)9-12-6-4-8-25-12/h2-8H,9-10H2,1H3,(H3,18,19,20,21,22). The van der Waals surface area contributed by atoms with Crippen molar-refractivity contribution in [2.75, 3.05) is 11.1 Å². The van der Waals surface area contributed by atoms with Crippen molar-refractivity contribution < 1.29 is 9.53 Å². The van der Waals surface area contributed by atoms with Crippen LogP contribution in [0.1, 0.15) is 16.3 Å². The van der Waals surface area contributed by atoms with Gasteiger partial charge >= 0.3 is 5.97 Å². The molecule has 7 nitrogen and oxygen atoms in total. The van der Waals surface area contributed by atoms with Crippen molar-refractivity contribution in [3.8, 4) is 0 Å². The molecular formula is C17H17N5O2S. The van der Waals surface area contributed by atoms with E-state index in [4.69, 9.17) is 10.5 Å². The number of nitrogen functional groups attached to an aromatic ring is 1. The summed E-state index contributed by atoms with van der Waals surface area (Å²) in [5, 5.41) is 5.01. The summed E-state index contributed by atoms with van der Waals surface area (Å²) in [6, 6.07) is 11.5. The van der Waals surface area contributed by atoms with Gasteiger partial charge in [-0.05, 0) is 30.0 Å². The average Bonchev–Trinajstić information content (AvgIpc) is 3.08. The third-order valence-electron chi connectivity index (χ3n) is 3.35. The Balaban J connectivity index is 1.65. The number of hydrogen-bond donors (Lipinski definition) is 2. The van der Waals surface area contributed by atoms with E-state index in [2.05, 4.69) is 20.3 Å².